The molecule has 2 saturated heterocycles. The maximum absolute atomic E-state index is 15.2. The summed E-state index contributed by atoms with van der Waals surface area (Å²) in [4.78, 5) is 64.7. The van der Waals surface area contributed by atoms with Gasteiger partial charge in [-0.25, -0.2) is 9.07 Å². The summed E-state index contributed by atoms with van der Waals surface area (Å²) in [5, 5.41) is 7.55. The molecule has 1 atom stereocenters. The number of hydrogen-bond donors (Lipinski definition) is 2. The standard InChI is InChI=1S/C33H29FN6O5/c34-25-15-18(14-24-28(25)33(45)40(32(24)44)26-8-9-27(41)36-31(26)43)16-38-12-10-20(11-13-38)19-4-6-22(7-5-19)39-17-21-2-1-3-23(30(35)42)29(21)37-39/h1-7,14-15,17,20,26H,8-13,16H2,(H2,35,42)(H,36,41,43). The third-order valence-corrected chi connectivity index (χ3v) is 8.98. The van der Waals surface area contributed by atoms with Crippen molar-refractivity contribution in [1.29, 1.82) is 0 Å². The van der Waals surface area contributed by atoms with Gasteiger partial charge in [0, 0.05) is 24.5 Å². The van der Waals surface area contributed by atoms with Gasteiger partial charge in [-0.15, -0.1) is 0 Å². The molecule has 3 aliphatic heterocycles. The Morgan fingerprint density at radius 3 is 2.44 bits per heavy atom. The molecular weight excluding hydrogens is 579 g/mol. The number of aromatic nitrogens is 2. The maximum Gasteiger partial charge on any atom is 0.265 e. The quantitative estimate of drug-likeness (QED) is 0.320. The first kappa shape index (κ1) is 28.5. The lowest BCUT2D eigenvalue weighted by Crippen LogP contribution is -2.54. The number of nitrogens with two attached hydrogens (primary N) is 1. The molecule has 3 N–H and O–H groups in total. The predicted molar refractivity (Wildman–Crippen MR) is 160 cm³/mol. The van der Waals surface area contributed by atoms with E-state index in [1.54, 1.807) is 22.9 Å². The van der Waals surface area contributed by atoms with Crippen molar-refractivity contribution >= 4 is 40.4 Å². The van der Waals surface area contributed by atoms with Crippen LogP contribution in [0.15, 0.2) is 60.8 Å². The van der Waals surface area contributed by atoms with Gasteiger partial charge in [0.25, 0.3) is 17.7 Å². The van der Waals surface area contributed by atoms with Gasteiger partial charge >= 0.3 is 0 Å². The van der Waals surface area contributed by atoms with Gasteiger partial charge in [0.2, 0.25) is 11.8 Å². The second-order valence-electron chi connectivity index (χ2n) is 11.8. The summed E-state index contributed by atoms with van der Waals surface area (Å²) < 4.78 is 16.9. The molecule has 5 amide bonds. The Morgan fingerprint density at radius 1 is 0.978 bits per heavy atom. The van der Waals surface area contributed by atoms with Crippen molar-refractivity contribution in [3.63, 3.8) is 0 Å². The second-order valence-corrected chi connectivity index (χ2v) is 11.8. The van der Waals surface area contributed by atoms with Crippen LogP contribution < -0.4 is 11.1 Å². The zero-order chi connectivity index (χ0) is 31.4. The summed E-state index contributed by atoms with van der Waals surface area (Å²) in [6.45, 7) is 1.94. The summed E-state index contributed by atoms with van der Waals surface area (Å²) in [6, 6.07) is 15.2. The topological polar surface area (TPSA) is 148 Å². The Labute approximate surface area is 256 Å². The molecule has 3 aliphatic rings. The Hall–Kier alpha value is -5.23. The van der Waals surface area contributed by atoms with Crippen LogP contribution in [0.25, 0.3) is 16.6 Å². The van der Waals surface area contributed by atoms with E-state index >= 15 is 4.39 Å². The number of halogens is 1. The number of nitrogens with one attached hydrogen (secondary N) is 1. The largest absolute Gasteiger partial charge is 0.366 e. The molecule has 1 aromatic heterocycles. The van der Waals surface area contributed by atoms with Crippen LogP contribution in [-0.2, 0) is 16.1 Å². The zero-order valence-corrected chi connectivity index (χ0v) is 24.2. The maximum atomic E-state index is 15.2. The molecule has 2 fully saturated rings. The Morgan fingerprint density at radius 2 is 1.73 bits per heavy atom. The summed E-state index contributed by atoms with van der Waals surface area (Å²) in [6.07, 6.45) is 3.66. The normalized spacial score (nSPS) is 19.3. The van der Waals surface area contributed by atoms with E-state index in [1.165, 1.54) is 11.6 Å². The van der Waals surface area contributed by atoms with Gasteiger partial charge in [0.1, 0.15) is 17.4 Å². The molecule has 228 valence electrons. The van der Waals surface area contributed by atoms with Gasteiger partial charge in [-0.3, -0.25) is 39.1 Å². The van der Waals surface area contributed by atoms with Crippen molar-refractivity contribution in [2.24, 2.45) is 5.73 Å². The molecule has 0 aliphatic carbocycles. The van der Waals surface area contributed by atoms with Crippen LogP contribution in [0.5, 0.6) is 0 Å². The average Bonchev–Trinajstić information content (AvgIpc) is 3.57. The van der Waals surface area contributed by atoms with Crippen LogP contribution in [0.2, 0.25) is 0 Å². The highest BCUT2D eigenvalue weighted by Crippen LogP contribution is 2.33. The summed E-state index contributed by atoms with van der Waals surface area (Å²) in [5.74, 6) is -3.73. The number of nitrogens with zero attached hydrogens (tertiary/aromatic N) is 4. The molecule has 0 saturated carbocycles. The molecule has 12 heteroatoms. The number of imide groups is 2. The van der Waals surface area contributed by atoms with Crippen LogP contribution in [-0.4, -0.2) is 68.2 Å². The van der Waals surface area contributed by atoms with Crippen LogP contribution in [0, 0.1) is 5.82 Å². The van der Waals surface area contributed by atoms with Gasteiger partial charge in [-0.05, 0) is 79.7 Å². The van der Waals surface area contributed by atoms with Gasteiger partial charge < -0.3 is 5.73 Å². The highest BCUT2D eigenvalue weighted by Gasteiger charge is 2.46. The van der Waals surface area contributed by atoms with Crippen molar-refractivity contribution in [1.82, 2.24) is 24.9 Å². The van der Waals surface area contributed by atoms with Crippen molar-refractivity contribution in [3.05, 3.63) is 94.4 Å². The third kappa shape index (κ3) is 5.06. The first-order valence-corrected chi connectivity index (χ1v) is 14.8. The van der Waals surface area contributed by atoms with Crippen molar-refractivity contribution in [2.45, 2.75) is 44.2 Å². The van der Waals surface area contributed by atoms with E-state index in [0.717, 1.165) is 41.9 Å². The molecule has 11 nitrogen and oxygen atoms in total. The minimum absolute atomic E-state index is 0.00152. The minimum atomic E-state index is -1.14. The van der Waals surface area contributed by atoms with Gasteiger partial charge in [0.15, 0.2) is 0 Å². The number of fused-ring (bicyclic) bond motifs is 2. The van der Waals surface area contributed by atoms with Gasteiger partial charge in [0.05, 0.1) is 22.4 Å². The summed E-state index contributed by atoms with van der Waals surface area (Å²) >= 11 is 0. The molecule has 4 aromatic rings. The van der Waals surface area contributed by atoms with Crippen LogP contribution in [0.1, 0.15) is 73.8 Å². The highest BCUT2D eigenvalue weighted by molar-refractivity contribution is 6.23. The summed E-state index contributed by atoms with van der Waals surface area (Å²) in [5.41, 5.74) is 8.71. The molecule has 4 heterocycles. The van der Waals surface area contributed by atoms with Crippen LogP contribution in [0.3, 0.4) is 0 Å². The predicted octanol–water partition coefficient (Wildman–Crippen LogP) is 3.04. The molecule has 3 aromatic carbocycles. The van der Waals surface area contributed by atoms with Crippen molar-refractivity contribution in [2.75, 3.05) is 13.1 Å². The highest BCUT2D eigenvalue weighted by atomic mass is 19.1. The van der Waals surface area contributed by atoms with E-state index in [4.69, 9.17) is 5.73 Å². The Bertz CT molecular complexity index is 1910. The molecule has 1 unspecified atom stereocenters. The lowest BCUT2D eigenvalue weighted by molar-refractivity contribution is -0.136. The van der Waals surface area contributed by atoms with E-state index in [2.05, 4.69) is 27.4 Å². The monoisotopic (exact) mass is 608 g/mol. The van der Waals surface area contributed by atoms with Gasteiger partial charge in [-0.2, -0.15) is 5.10 Å². The van der Waals surface area contributed by atoms with Crippen molar-refractivity contribution < 1.29 is 28.4 Å². The number of likely N-dealkylation sites (tertiary alicyclic amines) is 1. The fourth-order valence-electron chi connectivity index (χ4n) is 6.65. The fourth-order valence-corrected chi connectivity index (χ4v) is 6.65. The van der Waals surface area contributed by atoms with Crippen LogP contribution in [0.4, 0.5) is 4.39 Å². The molecule has 45 heavy (non-hydrogen) atoms. The number of hydrogen-bond acceptors (Lipinski definition) is 7. The number of rotatable bonds is 6. The first-order valence-electron chi connectivity index (χ1n) is 14.8. The summed E-state index contributed by atoms with van der Waals surface area (Å²) in [7, 11) is 0. The Kier molecular flexibility index (Phi) is 7.00. The minimum Gasteiger partial charge on any atom is -0.366 e. The molecular formula is C33H29FN6O5. The number of amides is 5. The van der Waals surface area contributed by atoms with E-state index in [1.807, 2.05) is 24.4 Å². The first-order chi connectivity index (χ1) is 21.7. The SMILES string of the molecule is NC(=O)c1cccc2cn(-c3ccc(C4CCN(Cc5cc(F)c6c(c5)C(=O)N(C5CCC(=O)NC5=O)C6=O)CC4)cc3)nc12. The molecule has 0 bridgehead atoms. The number of piperidine rings is 2. The molecule has 0 radical (unpaired) electrons. The fraction of sp³-hybridized carbons (Fsp3) is 0.273. The molecule has 0 spiro atoms. The Balaban J connectivity index is 1.00. The number of carbonyl (C=O) groups is 5. The van der Waals surface area contributed by atoms with E-state index in [-0.39, 0.29) is 24.0 Å². The lowest BCUT2D eigenvalue weighted by Gasteiger charge is -2.32. The van der Waals surface area contributed by atoms with Crippen LogP contribution >= 0.6 is 0 Å². The smallest absolute Gasteiger partial charge is 0.265 e. The zero-order valence-electron chi connectivity index (χ0n) is 24.2. The average molecular weight is 609 g/mol. The van der Waals surface area contributed by atoms with E-state index in [0.29, 0.717) is 29.1 Å². The number of primary amides is 1. The van der Waals surface area contributed by atoms with Gasteiger partial charge in [-0.1, -0.05) is 24.3 Å². The van der Waals surface area contributed by atoms with E-state index in [9.17, 15) is 24.0 Å². The number of carbonyl (C=O) groups excluding carboxylic acids is 5. The molecule has 7 rings (SSSR count). The van der Waals surface area contributed by atoms with E-state index < -0.39 is 41.4 Å². The van der Waals surface area contributed by atoms with Crippen molar-refractivity contribution in [3.8, 4) is 5.69 Å². The second kappa shape index (κ2) is 11.0. The lowest BCUT2D eigenvalue weighted by atomic mass is 9.89. The third-order valence-electron chi connectivity index (χ3n) is 8.98. The number of benzene rings is 3.